The number of hydrogen-bond donors (Lipinski definition) is 1. The summed E-state index contributed by atoms with van der Waals surface area (Å²) in [7, 11) is 0. The lowest BCUT2D eigenvalue weighted by molar-refractivity contribution is 0.0696. The lowest BCUT2D eigenvalue weighted by Crippen LogP contribution is -2.04. The number of carbonyl (C=O) groups is 1. The van der Waals surface area contributed by atoms with Gasteiger partial charge in [-0.2, -0.15) is 0 Å². The number of carboxylic acid groups (broad SMARTS) is 1. The van der Waals surface area contributed by atoms with Crippen LogP contribution in [0, 0.1) is 13.8 Å². The van der Waals surface area contributed by atoms with Crippen LogP contribution < -0.4 is 0 Å². The Hall–Kier alpha value is -2.52. The largest absolute Gasteiger partial charge is 0.478 e. The van der Waals surface area contributed by atoms with E-state index in [0.717, 1.165) is 22.5 Å². The third kappa shape index (κ3) is 2.76. The Balaban J connectivity index is 2.25. The molecule has 0 aliphatic rings. The van der Waals surface area contributed by atoms with Crippen LogP contribution in [-0.2, 0) is 0 Å². The van der Waals surface area contributed by atoms with Gasteiger partial charge in [0.15, 0.2) is 0 Å². The summed E-state index contributed by atoms with van der Waals surface area (Å²) >= 11 is 6.12. The second-order valence-corrected chi connectivity index (χ2v) is 5.89. The van der Waals surface area contributed by atoms with E-state index in [1.54, 1.807) is 6.07 Å². The summed E-state index contributed by atoms with van der Waals surface area (Å²) in [6.45, 7) is 3.74. The van der Waals surface area contributed by atoms with Gasteiger partial charge in [-0.25, -0.2) is 4.79 Å². The lowest BCUT2D eigenvalue weighted by Gasteiger charge is -2.15. The smallest absolute Gasteiger partial charge is 0.337 e. The summed E-state index contributed by atoms with van der Waals surface area (Å²) in [4.78, 5) is 11.4. The minimum atomic E-state index is -0.912. The molecule has 1 heterocycles. The van der Waals surface area contributed by atoms with Gasteiger partial charge in [-0.3, -0.25) is 0 Å². The van der Waals surface area contributed by atoms with Gasteiger partial charge in [-0.05, 0) is 43.7 Å². The molecule has 0 amide bonds. The number of carboxylic acids is 1. The normalized spacial score (nSPS) is 10.7. The lowest BCUT2D eigenvalue weighted by atomic mass is 10.0. The van der Waals surface area contributed by atoms with Gasteiger partial charge in [0.25, 0.3) is 0 Å². The van der Waals surface area contributed by atoms with Crippen LogP contribution in [0.3, 0.4) is 0 Å². The van der Waals surface area contributed by atoms with Gasteiger partial charge in [0.05, 0.1) is 11.3 Å². The molecule has 0 aliphatic carbocycles. The van der Waals surface area contributed by atoms with Gasteiger partial charge in [-0.1, -0.05) is 41.9 Å². The average Bonchev–Trinajstić information content (AvgIpc) is 2.82. The highest BCUT2D eigenvalue weighted by Gasteiger charge is 2.17. The van der Waals surface area contributed by atoms with Crippen LogP contribution >= 0.6 is 11.6 Å². The highest BCUT2D eigenvalue weighted by Crippen LogP contribution is 2.31. The highest BCUT2D eigenvalue weighted by molar-refractivity contribution is 6.30. The van der Waals surface area contributed by atoms with Crippen molar-refractivity contribution in [1.82, 2.24) is 4.57 Å². The first-order valence-electron chi connectivity index (χ1n) is 7.26. The van der Waals surface area contributed by atoms with Crippen LogP contribution in [0.25, 0.3) is 16.8 Å². The van der Waals surface area contributed by atoms with E-state index in [4.69, 9.17) is 11.6 Å². The first kappa shape index (κ1) is 15.4. The van der Waals surface area contributed by atoms with Gasteiger partial charge in [0.1, 0.15) is 0 Å². The van der Waals surface area contributed by atoms with Crippen LogP contribution in [0.2, 0.25) is 5.02 Å². The molecular formula is C19H16ClNO2. The van der Waals surface area contributed by atoms with Crippen LogP contribution in [0.1, 0.15) is 21.7 Å². The van der Waals surface area contributed by atoms with Crippen molar-refractivity contribution in [2.24, 2.45) is 0 Å². The molecule has 3 nitrogen and oxygen atoms in total. The predicted octanol–water partition coefficient (Wildman–Crippen LogP) is 5.11. The highest BCUT2D eigenvalue weighted by atomic mass is 35.5. The number of aromatic nitrogens is 1. The second-order valence-electron chi connectivity index (χ2n) is 5.45. The molecule has 0 saturated heterocycles. The molecule has 0 saturated carbocycles. The Kier molecular flexibility index (Phi) is 3.97. The Labute approximate surface area is 139 Å². The fraction of sp³-hybridized carbons (Fsp3) is 0.105. The molecular weight excluding hydrogens is 310 g/mol. The topological polar surface area (TPSA) is 42.2 Å². The molecule has 0 unspecified atom stereocenters. The summed E-state index contributed by atoms with van der Waals surface area (Å²) in [5.74, 6) is -0.912. The second kappa shape index (κ2) is 5.94. The predicted molar refractivity (Wildman–Crippen MR) is 92.6 cm³/mol. The number of benzene rings is 2. The maximum absolute atomic E-state index is 11.4. The molecule has 0 atom stereocenters. The maximum Gasteiger partial charge on any atom is 0.337 e. The van der Waals surface area contributed by atoms with Gasteiger partial charge in [0, 0.05) is 22.0 Å². The molecule has 2 aromatic carbocycles. The average molecular weight is 326 g/mol. The SMILES string of the molecule is Cc1cc(C(=O)O)c(C)n1-c1ccccc1-c1cccc(Cl)c1. The first-order valence-corrected chi connectivity index (χ1v) is 7.64. The first-order chi connectivity index (χ1) is 11.0. The van der Waals surface area contributed by atoms with E-state index in [0.29, 0.717) is 16.3 Å². The van der Waals surface area contributed by atoms with Crippen molar-refractivity contribution in [3.05, 3.63) is 76.6 Å². The molecule has 3 rings (SSSR count). The number of hydrogen-bond acceptors (Lipinski definition) is 1. The van der Waals surface area contributed by atoms with E-state index in [9.17, 15) is 9.90 Å². The molecule has 0 fully saturated rings. The fourth-order valence-electron chi connectivity index (χ4n) is 2.92. The molecule has 4 heteroatoms. The van der Waals surface area contributed by atoms with Gasteiger partial charge < -0.3 is 9.67 Å². The summed E-state index contributed by atoms with van der Waals surface area (Å²) in [6, 6.07) is 17.3. The van der Waals surface area contributed by atoms with Crippen molar-refractivity contribution in [2.45, 2.75) is 13.8 Å². The van der Waals surface area contributed by atoms with E-state index in [1.807, 2.05) is 66.9 Å². The standard InChI is InChI=1S/C19H16ClNO2/c1-12-10-17(19(22)23)13(2)21(12)18-9-4-3-8-16(18)14-6-5-7-15(20)11-14/h3-11H,1-2H3,(H,22,23). The molecule has 1 N–H and O–H groups in total. The van der Waals surface area contributed by atoms with Gasteiger partial charge in [0.2, 0.25) is 0 Å². The number of para-hydroxylation sites is 1. The zero-order valence-corrected chi connectivity index (χ0v) is 13.6. The number of aromatic carboxylic acids is 1. The van der Waals surface area contributed by atoms with Crippen LogP contribution in [0.15, 0.2) is 54.6 Å². The van der Waals surface area contributed by atoms with Crippen LogP contribution in [0.4, 0.5) is 0 Å². The number of halogens is 1. The Morgan fingerprint density at radius 2 is 1.78 bits per heavy atom. The number of rotatable bonds is 3. The quantitative estimate of drug-likeness (QED) is 0.726. The summed E-state index contributed by atoms with van der Waals surface area (Å²) < 4.78 is 1.97. The zero-order valence-electron chi connectivity index (χ0n) is 12.9. The van der Waals surface area contributed by atoms with Gasteiger partial charge in [-0.15, -0.1) is 0 Å². The maximum atomic E-state index is 11.4. The van der Waals surface area contributed by atoms with Crippen molar-refractivity contribution in [3.63, 3.8) is 0 Å². The van der Waals surface area contributed by atoms with Crippen molar-refractivity contribution in [2.75, 3.05) is 0 Å². The molecule has 116 valence electrons. The van der Waals surface area contributed by atoms with Crippen molar-refractivity contribution in [1.29, 1.82) is 0 Å². The monoisotopic (exact) mass is 325 g/mol. The summed E-state index contributed by atoms with van der Waals surface area (Å²) in [6.07, 6.45) is 0. The molecule has 0 bridgehead atoms. The Bertz CT molecular complexity index is 896. The molecule has 0 aliphatic heterocycles. The van der Waals surface area contributed by atoms with Crippen molar-refractivity contribution < 1.29 is 9.90 Å². The van der Waals surface area contributed by atoms with E-state index in [-0.39, 0.29) is 0 Å². The molecule has 1 aromatic heterocycles. The summed E-state index contributed by atoms with van der Waals surface area (Å²) in [5.41, 5.74) is 4.87. The third-order valence-corrected chi connectivity index (χ3v) is 4.18. The van der Waals surface area contributed by atoms with E-state index >= 15 is 0 Å². The number of aryl methyl sites for hydroxylation is 1. The molecule has 0 spiro atoms. The molecule has 3 aromatic rings. The van der Waals surface area contributed by atoms with Crippen molar-refractivity contribution >= 4 is 17.6 Å². The minimum absolute atomic E-state index is 0.323. The van der Waals surface area contributed by atoms with E-state index < -0.39 is 5.97 Å². The number of nitrogens with zero attached hydrogens (tertiary/aromatic N) is 1. The van der Waals surface area contributed by atoms with E-state index in [1.165, 1.54) is 0 Å². The zero-order chi connectivity index (χ0) is 16.6. The van der Waals surface area contributed by atoms with Crippen LogP contribution in [-0.4, -0.2) is 15.6 Å². The van der Waals surface area contributed by atoms with Crippen molar-refractivity contribution in [3.8, 4) is 16.8 Å². The minimum Gasteiger partial charge on any atom is -0.478 e. The van der Waals surface area contributed by atoms with Gasteiger partial charge >= 0.3 is 5.97 Å². The molecule has 0 radical (unpaired) electrons. The fourth-order valence-corrected chi connectivity index (χ4v) is 3.11. The third-order valence-electron chi connectivity index (χ3n) is 3.94. The Morgan fingerprint density at radius 3 is 2.43 bits per heavy atom. The molecule has 23 heavy (non-hydrogen) atoms. The Morgan fingerprint density at radius 1 is 1.04 bits per heavy atom. The van der Waals surface area contributed by atoms with Crippen LogP contribution in [0.5, 0.6) is 0 Å². The summed E-state index contributed by atoms with van der Waals surface area (Å²) in [5, 5.41) is 10.0. The van der Waals surface area contributed by atoms with E-state index in [2.05, 4.69) is 0 Å².